The molecule has 0 saturated carbocycles. The van der Waals surface area contributed by atoms with Crippen molar-refractivity contribution in [2.24, 2.45) is 4.99 Å². The van der Waals surface area contributed by atoms with Gasteiger partial charge in [-0.15, -0.1) is 35.3 Å². The largest absolute Gasteiger partial charge is 0.467 e. The predicted molar refractivity (Wildman–Crippen MR) is 109 cm³/mol. The van der Waals surface area contributed by atoms with E-state index in [9.17, 15) is 13.2 Å². The van der Waals surface area contributed by atoms with Crippen LogP contribution < -0.4 is 10.6 Å². The molecule has 0 atom stereocenters. The van der Waals surface area contributed by atoms with Crippen LogP contribution in [0.25, 0.3) is 0 Å². The zero-order valence-electron chi connectivity index (χ0n) is 14.7. The molecule has 0 amide bonds. The average Bonchev–Trinajstić information content (AvgIpc) is 3.27. The van der Waals surface area contributed by atoms with Gasteiger partial charge in [0.05, 0.1) is 11.3 Å². The van der Waals surface area contributed by atoms with Gasteiger partial charge in [0.1, 0.15) is 12.4 Å². The van der Waals surface area contributed by atoms with Gasteiger partial charge in [0.25, 0.3) is 0 Å². The van der Waals surface area contributed by atoms with Gasteiger partial charge in [-0.3, -0.25) is 4.99 Å². The van der Waals surface area contributed by atoms with Crippen LogP contribution in [0.2, 0.25) is 0 Å². The topological polar surface area (TPSA) is 71.7 Å². The molecule has 2 rings (SSSR count). The normalized spacial score (nSPS) is 11.9. The summed E-state index contributed by atoms with van der Waals surface area (Å²) in [6.45, 7) is 2.12. The molecule has 0 fully saturated rings. The van der Waals surface area contributed by atoms with Crippen LogP contribution in [0.15, 0.2) is 33.2 Å². The number of hydrogen-bond acceptors (Lipinski definition) is 5. The third kappa shape index (κ3) is 8.93. The highest BCUT2D eigenvalue weighted by atomic mass is 127. The number of furan rings is 1. The molecule has 2 aromatic rings. The molecule has 27 heavy (non-hydrogen) atoms. The van der Waals surface area contributed by atoms with Crippen molar-refractivity contribution < 1.29 is 22.3 Å². The minimum atomic E-state index is -4.39. The van der Waals surface area contributed by atoms with E-state index in [1.807, 2.05) is 12.1 Å². The lowest BCUT2D eigenvalue weighted by Crippen LogP contribution is -2.39. The quantitative estimate of drug-likeness (QED) is 0.230. The zero-order chi connectivity index (χ0) is 18.8. The Kier molecular flexibility index (Phi) is 10.7. The number of alkyl halides is 3. The summed E-state index contributed by atoms with van der Waals surface area (Å²) in [7, 11) is 1.63. The molecule has 11 heteroatoms. The lowest BCUT2D eigenvalue weighted by Gasteiger charge is -2.11. The van der Waals surface area contributed by atoms with Crippen LogP contribution in [0.3, 0.4) is 0 Å². The first-order valence-corrected chi connectivity index (χ1v) is 8.93. The van der Waals surface area contributed by atoms with E-state index in [1.165, 1.54) is 0 Å². The number of halogens is 4. The van der Waals surface area contributed by atoms with Gasteiger partial charge in [-0.1, -0.05) is 0 Å². The molecule has 0 aliphatic rings. The summed E-state index contributed by atoms with van der Waals surface area (Å²) in [6, 6.07) is 3.66. The summed E-state index contributed by atoms with van der Waals surface area (Å²) >= 11 is 1.01. The second kappa shape index (κ2) is 12.2. The Morgan fingerprint density at radius 1 is 1.33 bits per heavy atom. The fraction of sp³-hybridized carbons (Fsp3) is 0.500. The number of guanidine groups is 1. The molecule has 0 aliphatic carbocycles. The lowest BCUT2D eigenvalue weighted by atomic mass is 10.4. The van der Waals surface area contributed by atoms with Gasteiger partial charge in [-0.05, 0) is 18.6 Å². The van der Waals surface area contributed by atoms with E-state index < -0.39 is 11.9 Å². The highest BCUT2D eigenvalue weighted by molar-refractivity contribution is 14.0. The van der Waals surface area contributed by atoms with Gasteiger partial charge < -0.3 is 19.8 Å². The Labute approximate surface area is 176 Å². The molecule has 0 saturated heterocycles. The van der Waals surface area contributed by atoms with Crippen molar-refractivity contribution >= 4 is 41.3 Å². The predicted octanol–water partition coefficient (Wildman–Crippen LogP) is 3.69. The molecular weight excluding hydrogens is 496 g/mol. The molecular formula is C16H22F3IN4O2S. The molecule has 6 nitrogen and oxygen atoms in total. The number of thiazole rings is 1. The van der Waals surface area contributed by atoms with Crippen molar-refractivity contribution in [2.75, 3.05) is 26.7 Å². The number of nitrogens with one attached hydrogen (secondary N) is 2. The molecule has 0 aromatic carbocycles. The van der Waals surface area contributed by atoms with E-state index in [-0.39, 0.29) is 24.0 Å². The van der Waals surface area contributed by atoms with E-state index in [0.717, 1.165) is 28.9 Å². The maximum absolute atomic E-state index is 12.5. The second-order valence-corrected chi connectivity index (χ2v) is 6.23. The highest BCUT2D eigenvalue weighted by Gasteiger charge is 2.33. The first-order valence-electron chi connectivity index (χ1n) is 8.05. The Balaban J connectivity index is 0.00000364. The third-order valence-corrected chi connectivity index (χ3v) is 4.19. The number of aliphatic imine (C=N–C) groups is 1. The molecule has 152 valence electrons. The average molecular weight is 518 g/mol. The monoisotopic (exact) mass is 518 g/mol. The fourth-order valence-electron chi connectivity index (χ4n) is 2.01. The first kappa shape index (κ1) is 23.7. The van der Waals surface area contributed by atoms with E-state index in [2.05, 4.69) is 20.6 Å². The van der Waals surface area contributed by atoms with Crippen molar-refractivity contribution in [3.05, 3.63) is 40.2 Å². The summed E-state index contributed by atoms with van der Waals surface area (Å²) in [4.78, 5) is 7.65. The minimum Gasteiger partial charge on any atom is -0.467 e. The zero-order valence-corrected chi connectivity index (χ0v) is 17.9. The number of aromatic nitrogens is 1. The standard InChI is InChI=1S/C16H21F3N4O2S.HI/c1-20-15(21-6-3-8-24-10-12-4-2-9-25-12)22-7-5-14-23-13(11-26-14)16(17,18)19;/h2,4,9,11H,3,5-8,10H2,1H3,(H2,20,21,22);1H. The van der Waals surface area contributed by atoms with E-state index >= 15 is 0 Å². The van der Waals surface area contributed by atoms with Crippen LogP contribution in [0.4, 0.5) is 13.2 Å². The Morgan fingerprint density at radius 3 is 2.74 bits per heavy atom. The summed E-state index contributed by atoms with van der Waals surface area (Å²) in [6.07, 6.45) is -1.61. The number of hydrogen-bond donors (Lipinski definition) is 2. The van der Waals surface area contributed by atoms with Gasteiger partial charge in [0.2, 0.25) is 0 Å². The summed E-state index contributed by atoms with van der Waals surface area (Å²) in [5.41, 5.74) is -0.838. The maximum Gasteiger partial charge on any atom is 0.434 e. The van der Waals surface area contributed by atoms with Gasteiger partial charge in [0.15, 0.2) is 11.7 Å². The Bertz CT molecular complexity index is 678. The number of ether oxygens (including phenoxy) is 1. The first-order chi connectivity index (χ1) is 12.5. The molecule has 0 unspecified atom stereocenters. The highest BCUT2D eigenvalue weighted by Crippen LogP contribution is 2.29. The molecule has 2 heterocycles. The van der Waals surface area contributed by atoms with Gasteiger partial charge in [-0.2, -0.15) is 13.2 Å². The SMILES string of the molecule is CN=C(NCCCOCc1ccco1)NCCc1nc(C(F)(F)F)cs1.I. The minimum absolute atomic E-state index is 0. The van der Waals surface area contributed by atoms with Crippen molar-refractivity contribution in [3.63, 3.8) is 0 Å². The van der Waals surface area contributed by atoms with Crippen molar-refractivity contribution in [1.82, 2.24) is 15.6 Å². The third-order valence-electron chi connectivity index (χ3n) is 3.28. The van der Waals surface area contributed by atoms with Crippen LogP contribution in [0.1, 0.15) is 22.9 Å². The molecule has 0 spiro atoms. The molecule has 0 bridgehead atoms. The molecule has 2 aromatic heterocycles. The molecule has 2 N–H and O–H groups in total. The van der Waals surface area contributed by atoms with Gasteiger partial charge in [-0.25, -0.2) is 4.98 Å². The van der Waals surface area contributed by atoms with Crippen LogP contribution in [0, 0.1) is 0 Å². The van der Waals surface area contributed by atoms with E-state index in [0.29, 0.717) is 43.7 Å². The van der Waals surface area contributed by atoms with Crippen molar-refractivity contribution in [1.29, 1.82) is 0 Å². The lowest BCUT2D eigenvalue weighted by molar-refractivity contribution is -0.140. The Morgan fingerprint density at radius 2 is 2.11 bits per heavy atom. The van der Waals surface area contributed by atoms with Crippen LogP contribution in [-0.4, -0.2) is 37.7 Å². The van der Waals surface area contributed by atoms with Crippen LogP contribution in [0.5, 0.6) is 0 Å². The number of rotatable bonds is 9. The summed E-state index contributed by atoms with van der Waals surface area (Å²) in [5.74, 6) is 1.37. The van der Waals surface area contributed by atoms with Crippen molar-refractivity contribution in [2.45, 2.75) is 25.6 Å². The van der Waals surface area contributed by atoms with Gasteiger partial charge in [0, 0.05) is 38.5 Å². The van der Waals surface area contributed by atoms with Crippen molar-refractivity contribution in [3.8, 4) is 0 Å². The van der Waals surface area contributed by atoms with Crippen LogP contribution in [-0.2, 0) is 23.9 Å². The fourth-order valence-corrected chi connectivity index (χ4v) is 2.82. The van der Waals surface area contributed by atoms with E-state index in [1.54, 1.807) is 13.3 Å². The number of nitrogens with zero attached hydrogens (tertiary/aromatic N) is 2. The molecule has 0 aliphatic heterocycles. The summed E-state index contributed by atoms with van der Waals surface area (Å²) in [5, 5.41) is 7.63. The van der Waals surface area contributed by atoms with E-state index in [4.69, 9.17) is 9.15 Å². The maximum atomic E-state index is 12.5. The van der Waals surface area contributed by atoms with Crippen LogP contribution >= 0.6 is 35.3 Å². The van der Waals surface area contributed by atoms with Gasteiger partial charge >= 0.3 is 6.18 Å². The smallest absolute Gasteiger partial charge is 0.434 e. The summed E-state index contributed by atoms with van der Waals surface area (Å²) < 4.78 is 48.1. The Hall–Kier alpha value is -1.34. The second-order valence-electron chi connectivity index (χ2n) is 5.29. The molecule has 0 radical (unpaired) electrons.